The van der Waals surface area contributed by atoms with Crippen molar-refractivity contribution in [2.24, 2.45) is 5.92 Å². The number of benzene rings is 1. The van der Waals surface area contributed by atoms with Gasteiger partial charge in [0, 0.05) is 26.7 Å². The quantitative estimate of drug-likeness (QED) is 0.783. The van der Waals surface area contributed by atoms with Gasteiger partial charge in [0.1, 0.15) is 23.8 Å². The molecule has 0 spiro atoms. The van der Waals surface area contributed by atoms with Gasteiger partial charge in [0.05, 0.1) is 0 Å². The van der Waals surface area contributed by atoms with Crippen LogP contribution in [0.3, 0.4) is 0 Å². The minimum Gasteiger partial charge on any atom is -0.373 e. The van der Waals surface area contributed by atoms with E-state index in [1.165, 1.54) is 12.1 Å². The molecular formula is C18H22FN5. The Morgan fingerprint density at radius 2 is 2.00 bits per heavy atom. The number of halogens is 1. The fourth-order valence-corrected chi connectivity index (χ4v) is 2.99. The number of nitrogens with one attached hydrogen (secondary N) is 2. The first-order valence-corrected chi connectivity index (χ1v) is 8.09. The molecule has 6 heteroatoms. The SMILES string of the molecule is CNC(NCC1CCCN(Cc2ccc(F)cc2)C1)=C(C#N)C#N. The summed E-state index contributed by atoms with van der Waals surface area (Å²) >= 11 is 0. The highest BCUT2D eigenvalue weighted by Crippen LogP contribution is 2.18. The number of nitriles is 2. The third-order valence-electron chi connectivity index (χ3n) is 4.21. The molecule has 1 aromatic rings. The lowest BCUT2D eigenvalue weighted by molar-refractivity contribution is 0.166. The Balaban J connectivity index is 1.89. The van der Waals surface area contributed by atoms with Crippen LogP contribution >= 0.6 is 0 Å². The van der Waals surface area contributed by atoms with E-state index in [0.29, 0.717) is 18.3 Å². The van der Waals surface area contributed by atoms with E-state index < -0.39 is 0 Å². The highest BCUT2D eigenvalue weighted by molar-refractivity contribution is 5.38. The van der Waals surface area contributed by atoms with Crippen molar-refractivity contribution >= 4 is 0 Å². The van der Waals surface area contributed by atoms with Crippen molar-refractivity contribution in [2.45, 2.75) is 19.4 Å². The van der Waals surface area contributed by atoms with Gasteiger partial charge in [0.15, 0.2) is 5.57 Å². The molecule has 0 saturated carbocycles. The van der Waals surface area contributed by atoms with Gasteiger partial charge in [0.25, 0.3) is 0 Å². The van der Waals surface area contributed by atoms with Crippen molar-refractivity contribution in [3.8, 4) is 12.1 Å². The molecule has 0 aliphatic carbocycles. The molecule has 1 unspecified atom stereocenters. The van der Waals surface area contributed by atoms with Crippen molar-refractivity contribution in [3.05, 3.63) is 47.0 Å². The van der Waals surface area contributed by atoms with Crippen LogP contribution in [0.2, 0.25) is 0 Å². The predicted molar refractivity (Wildman–Crippen MR) is 89.7 cm³/mol. The van der Waals surface area contributed by atoms with Crippen LogP contribution in [0.1, 0.15) is 18.4 Å². The lowest BCUT2D eigenvalue weighted by Crippen LogP contribution is -2.40. The Bertz CT molecular complexity index is 637. The molecule has 1 aliphatic rings. The van der Waals surface area contributed by atoms with Crippen LogP contribution in [0.25, 0.3) is 0 Å². The van der Waals surface area contributed by atoms with Crippen molar-refractivity contribution < 1.29 is 4.39 Å². The summed E-state index contributed by atoms with van der Waals surface area (Å²) in [6, 6.07) is 10.4. The molecule has 1 atom stereocenters. The molecule has 126 valence electrons. The summed E-state index contributed by atoms with van der Waals surface area (Å²) in [5, 5.41) is 23.9. The zero-order chi connectivity index (χ0) is 17.4. The normalized spacial score (nSPS) is 17.4. The van der Waals surface area contributed by atoms with Crippen LogP contribution in [0.5, 0.6) is 0 Å². The predicted octanol–water partition coefficient (Wildman–Crippen LogP) is 2.11. The van der Waals surface area contributed by atoms with Gasteiger partial charge in [-0.1, -0.05) is 12.1 Å². The summed E-state index contributed by atoms with van der Waals surface area (Å²) in [7, 11) is 1.69. The van der Waals surface area contributed by atoms with Crippen LogP contribution in [0.15, 0.2) is 35.7 Å². The lowest BCUT2D eigenvalue weighted by atomic mass is 9.97. The Kier molecular flexibility index (Phi) is 6.60. The van der Waals surface area contributed by atoms with E-state index in [0.717, 1.165) is 38.0 Å². The Hall–Kier alpha value is -2.57. The van der Waals surface area contributed by atoms with Crippen LogP contribution < -0.4 is 10.6 Å². The molecule has 0 amide bonds. The number of hydrogen-bond donors (Lipinski definition) is 2. The molecule has 1 aliphatic heterocycles. The maximum Gasteiger partial charge on any atom is 0.169 e. The Morgan fingerprint density at radius 1 is 1.29 bits per heavy atom. The summed E-state index contributed by atoms with van der Waals surface area (Å²) in [4.78, 5) is 2.36. The highest BCUT2D eigenvalue weighted by atomic mass is 19.1. The number of nitrogens with zero attached hydrogens (tertiary/aromatic N) is 3. The van der Waals surface area contributed by atoms with Crippen LogP contribution in [-0.4, -0.2) is 31.6 Å². The maximum atomic E-state index is 13.0. The Labute approximate surface area is 142 Å². The summed E-state index contributed by atoms with van der Waals surface area (Å²) < 4.78 is 13.0. The molecule has 5 nitrogen and oxygen atoms in total. The molecule has 1 saturated heterocycles. The van der Waals surface area contributed by atoms with E-state index in [2.05, 4.69) is 15.5 Å². The largest absolute Gasteiger partial charge is 0.373 e. The van der Waals surface area contributed by atoms with Crippen molar-refractivity contribution in [1.29, 1.82) is 10.5 Å². The van der Waals surface area contributed by atoms with E-state index in [4.69, 9.17) is 10.5 Å². The summed E-state index contributed by atoms with van der Waals surface area (Å²) in [6.07, 6.45) is 2.22. The zero-order valence-electron chi connectivity index (χ0n) is 13.8. The first kappa shape index (κ1) is 17.8. The first-order valence-electron chi connectivity index (χ1n) is 8.09. The van der Waals surface area contributed by atoms with E-state index in [-0.39, 0.29) is 11.4 Å². The minimum atomic E-state index is -0.211. The maximum absolute atomic E-state index is 13.0. The van der Waals surface area contributed by atoms with E-state index in [1.54, 1.807) is 7.05 Å². The first-order chi connectivity index (χ1) is 11.7. The number of piperidine rings is 1. The molecule has 1 fully saturated rings. The molecule has 24 heavy (non-hydrogen) atoms. The number of allylic oxidation sites excluding steroid dienone is 1. The smallest absolute Gasteiger partial charge is 0.169 e. The van der Waals surface area contributed by atoms with E-state index in [1.807, 2.05) is 24.3 Å². The fraction of sp³-hybridized carbons (Fsp3) is 0.444. The number of rotatable bonds is 6. The third-order valence-corrected chi connectivity index (χ3v) is 4.21. The van der Waals surface area contributed by atoms with E-state index in [9.17, 15) is 4.39 Å². The van der Waals surface area contributed by atoms with Gasteiger partial charge in [-0.05, 0) is 43.0 Å². The van der Waals surface area contributed by atoms with Crippen molar-refractivity contribution in [3.63, 3.8) is 0 Å². The highest BCUT2D eigenvalue weighted by Gasteiger charge is 2.20. The standard InChI is InChI=1S/C18H22FN5/c1-22-18(16(9-20)10-21)23-11-15-3-2-8-24(13-15)12-14-4-6-17(19)7-5-14/h4-7,15,22-23H,2-3,8,11-13H2,1H3. The fourth-order valence-electron chi connectivity index (χ4n) is 2.99. The molecule has 0 bridgehead atoms. The monoisotopic (exact) mass is 327 g/mol. The molecule has 2 N–H and O–H groups in total. The van der Waals surface area contributed by atoms with E-state index >= 15 is 0 Å². The van der Waals surface area contributed by atoms with Gasteiger partial charge >= 0.3 is 0 Å². The van der Waals surface area contributed by atoms with Crippen molar-refractivity contribution in [2.75, 3.05) is 26.7 Å². The third kappa shape index (κ3) is 4.97. The van der Waals surface area contributed by atoms with Gasteiger partial charge in [-0.25, -0.2) is 4.39 Å². The Morgan fingerprint density at radius 3 is 2.62 bits per heavy atom. The molecule has 0 radical (unpaired) electrons. The van der Waals surface area contributed by atoms with Gasteiger partial charge in [-0.2, -0.15) is 10.5 Å². The molecular weight excluding hydrogens is 305 g/mol. The van der Waals surface area contributed by atoms with Gasteiger partial charge in [-0.15, -0.1) is 0 Å². The average molecular weight is 327 g/mol. The summed E-state index contributed by atoms with van der Waals surface area (Å²) in [6.45, 7) is 3.50. The number of hydrogen-bond acceptors (Lipinski definition) is 5. The topological polar surface area (TPSA) is 74.9 Å². The van der Waals surface area contributed by atoms with Gasteiger partial charge in [-0.3, -0.25) is 4.90 Å². The summed E-state index contributed by atoms with van der Waals surface area (Å²) in [5.74, 6) is 0.716. The van der Waals surface area contributed by atoms with Gasteiger partial charge < -0.3 is 10.6 Å². The second-order valence-corrected chi connectivity index (χ2v) is 5.97. The zero-order valence-corrected chi connectivity index (χ0v) is 13.8. The average Bonchev–Trinajstić information content (AvgIpc) is 2.61. The molecule has 1 aromatic carbocycles. The number of likely N-dealkylation sites (tertiary alicyclic amines) is 1. The summed E-state index contributed by atoms with van der Waals surface area (Å²) in [5.41, 5.74) is 1.17. The minimum absolute atomic E-state index is 0.0662. The molecule has 0 aromatic heterocycles. The van der Waals surface area contributed by atoms with Crippen LogP contribution in [0, 0.1) is 34.4 Å². The second kappa shape index (κ2) is 8.90. The van der Waals surface area contributed by atoms with Crippen molar-refractivity contribution in [1.82, 2.24) is 15.5 Å². The lowest BCUT2D eigenvalue weighted by Gasteiger charge is -2.33. The van der Waals surface area contributed by atoms with Crippen LogP contribution in [0.4, 0.5) is 4.39 Å². The van der Waals surface area contributed by atoms with Crippen LogP contribution in [-0.2, 0) is 6.54 Å². The second-order valence-electron chi connectivity index (χ2n) is 5.97. The van der Waals surface area contributed by atoms with Gasteiger partial charge in [0.2, 0.25) is 0 Å². The molecule has 2 rings (SSSR count). The molecule has 1 heterocycles.